The molecule has 0 aliphatic carbocycles. The highest BCUT2D eigenvalue weighted by molar-refractivity contribution is 6.29. The van der Waals surface area contributed by atoms with Crippen LogP contribution in [-0.2, 0) is 11.3 Å². The predicted octanol–water partition coefficient (Wildman–Crippen LogP) is 1.94. The van der Waals surface area contributed by atoms with Gasteiger partial charge in [0.05, 0.1) is 0 Å². The molecule has 106 valence electrons. The Kier molecular flexibility index (Phi) is 6.02. The average Bonchev–Trinajstić information content (AvgIpc) is 2.32. The Bertz CT molecular complexity index is 497. The highest BCUT2D eigenvalue weighted by Crippen LogP contribution is 2.12. The van der Waals surface area contributed by atoms with E-state index in [9.17, 15) is 9.59 Å². The number of hydrogen-bond acceptors (Lipinski definition) is 3. The molecule has 0 bridgehead atoms. The van der Waals surface area contributed by atoms with Crippen molar-refractivity contribution >= 4 is 17.5 Å². The molecule has 0 fully saturated rings. The van der Waals surface area contributed by atoms with Crippen LogP contribution in [0.4, 0.5) is 0 Å². The first-order chi connectivity index (χ1) is 8.95. The molecule has 1 N–H and O–H groups in total. The van der Waals surface area contributed by atoms with Gasteiger partial charge in [0.1, 0.15) is 17.5 Å². The van der Waals surface area contributed by atoms with E-state index in [1.54, 1.807) is 0 Å². The van der Waals surface area contributed by atoms with Crippen LogP contribution in [0, 0.1) is 0 Å². The van der Waals surface area contributed by atoms with Gasteiger partial charge in [0.25, 0.3) is 5.56 Å². The monoisotopic (exact) mass is 285 g/mol. The summed E-state index contributed by atoms with van der Waals surface area (Å²) in [7, 11) is 0. The zero-order valence-electron chi connectivity index (χ0n) is 11.6. The minimum atomic E-state index is -0.297. The third-order valence-electron chi connectivity index (χ3n) is 2.68. The maximum Gasteiger partial charge on any atom is 0.255 e. The van der Waals surface area contributed by atoms with Gasteiger partial charge < -0.3 is 5.32 Å². The topological polar surface area (TPSA) is 64.0 Å². The second-order valence-corrected chi connectivity index (χ2v) is 5.11. The van der Waals surface area contributed by atoms with Crippen LogP contribution in [0.15, 0.2) is 10.9 Å². The largest absolute Gasteiger partial charge is 0.355 e. The number of unbranched alkanes of at least 4 members (excludes halogenated alkanes) is 1. The molecule has 0 atom stereocenters. The van der Waals surface area contributed by atoms with Gasteiger partial charge >= 0.3 is 0 Å². The van der Waals surface area contributed by atoms with E-state index in [1.807, 2.05) is 13.8 Å². The first-order valence-corrected chi connectivity index (χ1v) is 6.87. The molecule has 0 radical (unpaired) electrons. The van der Waals surface area contributed by atoms with Crippen LogP contribution >= 0.6 is 11.6 Å². The number of amides is 1. The van der Waals surface area contributed by atoms with Gasteiger partial charge in [-0.05, 0) is 6.42 Å². The molecule has 6 heteroatoms. The van der Waals surface area contributed by atoms with Crippen molar-refractivity contribution in [2.75, 3.05) is 6.54 Å². The van der Waals surface area contributed by atoms with Crippen LogP contribution in [0.25, 0.3) is 0 Å². The summed E-state index contributed by atoms with van der Waals surface area (Å²) in [4.78, 5) is 27.8. The fraction of sp³-hybridized carbons (Fsp3) is 0.615. The molecule has 1 rings (SSSR count). The van der Waals surface area contributed by atoms with Crippen LogP contribution in [-0.4, -0.2) is 22.0 Å². The molecule has 1 aromatic rings. The number of halogens is 1. The van der Waals surface area contributed by atoms with Gasteiger partial charge in [-0.1, -0.05) is 38.8 Å². The summed E-state index contributed by atoms with van der Waals surface area (Å²) >= 11 is 5.78. The first kappa shape index (κ1) is 15.7. The molecule has 0 aromatic carbocycles. The smallest absolute Gasteiger partial charge is 0.255 e. The van der Waals surface area contributed by atoms with Gasteiger partial charge in [-0.2, -0.15) is 0 Å². The maximum atomic E-state index is 11.9. The molecule has 0 unspecified atom stereocenters. The van der Waals surface area contributed by atoms with Gasteiger partial charge in [-0.3, -0.25) is 14.2 Å². The van der Waals surface area contributed by atoms with E-state index in [4.69, 9.17) is 11.6 Å². The average molecular weight is 286 g/mol. The Morgan fingerprint density at radius 1 is 1.53 bits per heavy atom. The van der Waals surface area contributed by atoms with E-state index in [-0.39, 0.29) is 29.1 Å². The Morgan fingerprint density at radius 3 is 2.79 bits per heavy atom. The van der Waals surface area contributed by atoms with Crippen LogP contribution in [0.2, 0.25) is 5.15 Å². The fourth-order valence-electron chi connectivity index (χ4n) is 1.70. The van der Waals surface area contributed by atoms with Crippen molar-refractivity contribution in [1.29, 1.82) is 0 Å². The van der Waals surface area contributed by atoms with Crippen molar-refractivity contribution in [3.63, 3.8) is 0 Å². The first-order valence-electron chi connectivity index (χ1n) is 6.49. The molecule has 0 spiro atoms. The van der Waals surface area contributed by atoms with Gasteiger partial charge in [-0.15, -0.1) is 0 Å². The molecule has 0 saturated carbocycles. The van der Waals surface area contributed by atoms with Crippen molar-refractivity contribution in [2.45, 2.75) is 46.1 Å². The summed E-state index contributed by atoms with van der Waals surface area (Å²) < 4.78 is 1.37. The fourth-order valence-corrected chi connectivity index (χ4v) is 1.88. The van der Waals surface area contributed by atoms with Crippen LogP contribution < -0.4 is 10.9 Å². The minimum absolute atomic E-state index is 0.0137. The zero-order chi connectivity index (χ0) is 14.4. The zero-order valence-corrected chi connectivity index (χ0v) is 12.3. The lowest BCUT2D eigenvalue weighted by atomic mass is 10.2. The molecule has 1 amide bonds. The molecule has 1 aromatic heterocycles. The van der Waals surface area contributed by atoms with Gasteiger partial charge in [0.15, 0.2) is 0 Å². The summed E-state index contributed by atoms with van der Waals surface area (Å²) in [5, 5.41) is 2.94. The number of rotatable bonds is 6. The summed E-state index contributed by atoms with van der Waals surface area (Å²) in [5.41, 5.74) is -0.297. The number of nitrogens with zero attached hydrogens (tertiary/aromatic N) is 2. The van der Waals surface area contributed by atoms with Gasteiger partial charge in [-0.25, -0.2) is 4.98 Å². The Labute approximate surface area is 118 Å². The second kappa shape index (κ2) is 7.28. The Hall–Kier alpha value is -1.36. The van der Waals surface area contributed by atoms with Crippen molar-refractivity contribution < 1.29 is 4.79 Å². The van der Waals surface area contributed by atoms with Crippen LogP contribution in [0.5, 0.6) is 0 Å². The van der Waals surface area contributed by atoms with E-state index < -0.39 is 0 Å². The maximum absolute atomic E-state index is 11.9. The Balaban J connectivity index is 2.88. The molecule has 0 saturated heterocycles. The normalized spacial score (nSPS) is 10.8. The predicted molar refractivity (Wildman–Crippen MR) is 75.5 cm³/mol. The summed E-state index contributed by atoms with van der Waals surface area (Å²) in [6.45, 7) is 6.48. The number of nitrogens with one attached hydrogen (secondary N) is 1. The van der Waals surface area contributed by atoms with Gasteiger partial charge in [0, 0.05) is 18.5 Å². The second-order valence-electron chi connectivity index (χ2n) is 4.72. The quantitative estimate of drug-likeness (QED) is 0.642. The number of carbonyl (C=O) groups is 1. The number of carbonyl (C=O) groups excluding carboxylic acids is 1. The summed E-state index contributed by atoms with van der Waals surface area (Å²) in [6.07, 6.45) is 1.94. The van der Waals surface area contributed by atoms with E-state index in [1.165, 1.54) is 10.6 Å². The lowest BCUT2D eigenvalue weighted by molar-refractivity contribution is -0.121. The van der Waals surface area contributed by atoms with Crippen molar-refractivity contribution in [3.8, 4) is 0 Å². The van der Waals surface area contributed by atoms with E-state index in [2.05, 4.69) is 17.2 Å². The summed E-state index contributed by atoms with van der Waals surface area (Å²) in [5.74, 6) is 0.375. The molecule has 19 heavy (non-hydrogen) atoms. The van der Waals surface area contributed by atoms with Gasteiger partial charge in [0.2, 0.25) is 5.91 Å². The molecule has 0 aliphatic heterocycles. The molecular weight excluding hydrogens is 266 g/mol. The Morgan fingerprint density at radius 2 is 2.21 bits per heavy atom. The van der Waals surface area contributed by atoms with E-state index in [0.29, 0.717) is 12.4 Å². The van der Waals surface area contributed by atoms with E-state index in [0.717, 1.165) is 12.8 Å². The summed E-state index contributed by atoms with van der Waals surface area (Å²) in [6, 6.07) is 1.23. The molecule has 0 aliphatic rings. The molecule has 1 heterocycles. The SMILES string of the molecule is CCCCNC(=O)Cn1c(C(C)C)nc(Cl)cc1=O. The lowest BCUT2D eigenvalue weighted by Crippen LogP contribution is -2.35. The number of aromatic nitrogens is 2. The standard InChI is InChI=1S/C13H20ClN3O2/c1-4-5-6-15-11(18)8-17-12(19)7-10(14)16-13(17)9(2)3/h7,9H,4-6,8H2,1-3H3,(H,15,18). The third-order valence-corrected chi connectivity index (χ3v) is 2.87. The van der Waals surface area contributed by atoms with E-state index >= 15 is 0 Å². The highest BCUT2D eigenvalue weighted by atomic mass is 35.5. The highest BCUT2D eigenvalue weighted by Gasteiger charge is 2.14. The van der Waals surface area contributed by atoms with Crippen molar-refractivity contribution in [3.05, 3.63) is 27.4 Å². The molecule has 5 nitrogen and oxygen atoms in total. The van der Waals surface area contributed by atoms with Crippen molar-refractivity contribution in [1.82, 2.24) is 14.9 Å². The van der Waals surface area contributed by atoms with Crippen LogP contribution in [0.1, 0.15) is 45.4 Å². The van der Waals surface area contributed by atoms with Crippen LogP contribution in [0.3, 0.4) is 0 Å². The van der Waals surface area contributed by atoms with Crippen molar-refractivity contribution in [2.24, 2.45) is 0 Å². The lowest BCUT2D eigenvalue weighted by Gasteiger charge is -2.14. The molecular formula is C13H20ClN3O2. The third kappa shape index (κ3) is 4.67. The minimum Gasteiger partial charge on any atom is -0.355 e. The number of hydrogen-bond donors (Lipinski definition) is 1.